The summed E-state index contributed by atoms with van der Waals surface area (Å²) in [6.45, 7) is 0.712. The number of furan rings is 1. The number of benzene rings is 3. The lowest BCUT2D eigenvalue weighted by atomic mass is 9.99. The summed E-state index contributed by atoms with van der Waals surface area (Å²) < 4.78 is 20.1. The van der Waals surface area contributed by atoms with Crippen LogP contribution in [0.2, 0.25) is 5.02 Å². The van der Waals surface area contributed by atoms with Gasteiger partial charge >= 0.3 is 5.97 Å². The molecule has 0 aliphatic carbocycles. The predicted octanol–water partition coefficient (Wildman–Crippen LogP) is 7.22. The van der Waals surface area contributed by atoms with Crippen molar-refractivity contribution >= 4 is 50.8 Å². The van der Waals surface area contributed by atoms with Crippen molar-refractivity contribution in [3.05, 3.63) is 88.7 Å². The van der Waals surface area contributed by atoms with E-state index >= 15 is 0 Å². The van der Waals surface area contributed by atoms with E-state index in [1.54, 1.807) is 36.4 Å². The summed E-state index contributed by atoms with van der Waals surface area (Å²) >= 11 is 6.17. The number of anilines is 2. The van der Waals surface area contributed by atoms with Crippen molar-refractivity contribution in [3.63, 3.8) is 0 Å². The molecule has 0 atom stereocenters. The molecule has 3 heterocycles. The molecule has 1 N–H and O–H groups in total. The van der Waals surface area contributed by atoms with Crippen LogP contribution in [0.1, 0.15) is 22.3 Å². The van der Waals surface area contributed by atoms with Crippen LogP contribution in [0.4, 0.5) is 15.8 Å². The molecule has 5 nitrogen and oxygen atoms in total. The Morgan fingerprint density at radius 2 is 1.88 bits per heavy atom. The van der Waals surface area contributed by atoms with Crippen LogP contribution in [-0.4, -0.2) is 22.6 Å². The highest BCUT2D eigenvalue weighted by Crippen LogP contribution is 2.41. The molecule has 6 rings (SSSR count). The number of halogens is 2. The number of aromatic carboxylic acids is 1. The molecule has 1 aliphatic rings. The fourth-order valence-corrected chi connectivity index (χ4v) is 4.81. The highest BCUT2D eigenvalue weighted by Gasteiger charge is 2.24. The summed E-state index contributed by atoms with van der Waals surface area (Å²) in [7, 11) is 0. The lowest BCUT2D eigenvalue weighted by molar-refractivity contribution is 0.0697. The standard InChI is InChI=1S/C27H18ClFN2O3/c28-19-4-8-24-18(11-19)14-25(34-24)26-23(13-17-10-16(27(32)33)3-6-21(17)30-26)31-9-1-2-15-12-20(29)5-7-22(15)31/h3-8,10-14H,1-2,9H2,(H,32,33). The predicted molar refractivity (Wildman–Crippen MR) is 131 cm³/mol. The van der Waals surface area contributed by atoms with Crippen LogP contribution < -0.4 is 4.90 Å². The highest BCUT2D eigenvalue weighted by atomic mass is 35.5. The largest absolute Gasteiger partial charge is 0.478 e. The highest BCUT2D eigenvalue weighted by molar-refractivity contribution is 6.31. The van der Waals surface area contributed by atoms with Crippen LogP contribution in [-0.2, 0) is 6.42 Å². The SMILES string of the molecule is O=C(O)c1ccc2nc(-c3cc4cc(Cl)ccc4o3)c(N3CCCc4cc(F)ccc43)cc2c1. The van der Waals surface area contributed by atoms with Crippen LogP contribution >= 0.6 is 11.6 Å². The quantitative estimate of drug-likeness (QED) is 0.300. The summed E-state index contributed by atoms with van der Waals surface area (Å²) in [5.74, 6) is -0.691. The smallest absolute Gasteiger partial charge is 0.335 e. The fraction of sp³-hybridized carbons (Fsp3) is 0.111. The third-order valence-corrected chi connectivity index (χ3v) is 6.44. The van der Waals surface area contributed by atoms with Crippen molar-refractivity contribution in [2.75, 3.05) is 11.4 Å². The van der Waals surface area contributed by atoms with Crippen LogP contribution in [0.25, 0.3) is 33.3 Å². The third-order valence-electron chi connectivity index (χ3n) is 6.20. The van der Waals surface area contributed by atoms with E-state index in [1.807, 2.05) is 24.3 Å². The van der Waals surface area contributed by atoms with Gasteiger partial charge in [0, 0.05) is 28.0 Å². The van der Waals surface area contributed by atoms with E-state index in [2.05, 4.69) is 4.90 Å². The van der Waals surface area contributed by atoms with Gasteiger partial charge in [-0.1, -0.05) is 11.6 Å². The Labute approximate surface area is 199 Å². The Balaban J connectivity index is 1.61. The Morgan fingerprint density at radius 1 is 1.00 bits per heavy atom. The summed E-state index contributed by atoms with van der Waals surface area (Å²) in [5.41, 5.74) is 4.75. The fourth-order valence-electron chi connectivity index (χ4n) is 4.63. The molecule has 34 heavy (non-hydrogen) atoms. The lowest BCUT2D eigenvalue weighted by Crippen LogP contribution is -2.25. The molecule has 0 amide bonds. The van der Waals surface area contributed by atoms with E-state index in [0.29, 0.717) is 39.5 Å². The van der Waals surface area contributed by atoms with Crippen LogP contribution in [0.5, 0.6) is 0 Å². The summed E-state index contributed by atoms with van der Waals surface area (Å²) in [5, 5.41) is 11.6. The minimum absolute atomic E-state index is 0.187. The normalized spacial score (nSPS) is 13.4. The molecule has 0 fully saturated rings. The van der Waals surface area contributed by atoms with Crippen LogP contribution in [0, 0.1) is 5.82 Å². The van der Waals surface area contributed by atoms with Gasteiger partial charge < -0.3 is 14.4 Å². The number of nitrogens with zero attached hydrogens (tertiary/aromatic N) is 2. The van der Waals surface area contributed by atoms with Crippen molar-refractivity contribution in [2.45, 2.75) is 12.8 Å². The van der Waals surface area contributed by atoms with Gasteiger partial charge in [0.15, 0.2) is 5.76 Å². The minimum atomic E-state index is -1.000. The zero-order valence-corrected chi connectivity index (χ0v) is 18.6. The Bertz CT molecular complexity index is 1610. The number of carboxylic acids is 1. The number of carbonyl (C=O) groups is 1. The molecular formula is C27H18ClFN2O3. The van der Waals surface area contributed by atoms with Gasteiger partial charge in [-0.25, -0.2) is 14.2 Å². The molecule has 3 aromatic carbocycles. The number of fused-ring (bicyclic) bond motifs is 3. The number of aryl methyl sites for hydroxylation is 1. The molecule has 168 valence electrons. The van der Waals surface area contributed by atoms with E-state index < -0.39 is 5.97 Å². The molecule has 7 heteroatoms. The maximum atomic E-state index is 13.9. The molecule has 1 aliphatic heterocycles. The second-order valence-electron chi connectivity index (χ2n) is 8.39. The first-order valence-corrected chi connectivity index (χ1v) is 11.3. The van der Waals surface area contributed by atoms with Gasteiger partial charge in [0.25, 0.3) is 0 Å². The van der Waals surface area contributed by atoms with Gasteiger partial charge in [0.2, 0.25) is 0 Å². The number of hydrogen-bond donors (Lipinski definition) is 1. The van der Waals surface area contributed by atoms with Gasteiger partial charge in [-0.15, -0.1) is 0 Å². The second-order valence-corrected chi connectivity index (χ2v) is 8.83. The van der Waals surface area contributed by atoms with Gasteiger partial charge in [-0.05, 0) is 85.1 Å². The van der Waals surface area contributed by atoms with E-state index in [4.69, 9.17) is 21.0 Å². The maximum Gasteiger partial charge on any atom is 0.335 e. The minimum Gasteiger partial charge on any atom is -0.478 e. The molecule has 2 aromatic heterocycles. The third kappa shape index (κ3) is 3.47. The number of carboxylic acid groups (broad SMARTS) is 1. The maximum absolute atomic E-state index is 13.9. The van der Waals surface area contributed by atoms with Crippen molar-refractivity contribution in [1.29, 1.82) is 0 Å². The molecular weight excluding hydrogens is 455 g/mol. The average molecular weight is 473 g/mol. The van der Waals surface area contributed by atoms with E-state index in [1.165, 1.54) is 6.07 Å². The van der Waals surface area contributed by atoms with Gasteiger partial charge in [-0.3, -0.25) is 0 Å². The summed E-state index contributed by atoms with van der Waals surface area (Å²) in [6, 6.07) is 18.9. The number of pyridine rings is 1. The van der Waals surface area contributed by atoms with E-state index in [-0.39, 0.29) is 11.4 Å². The van der Waals surface area contributed by atoms with Crippen LogP contribution in [0.3, 0.4) is 0 Å². The Morgan fingerprint density at radius 3 is 2.74 bits per heavy atom. The number of hydrogen-bond acceptors (Lipinski definition) is 4. The van der Waals surface area contributed by atoms with Gasteiger partial charge in [-0.2, -0.15) is 0 Å². The monoisotopic (exact) mass is 472 g/mol. The summed E-state index contributed by atoms with van der Waals surface area (Å²) in [4.78, 5) is 18.5. The molecule has 0 unspecified atom stereocenters. The lowest BCUT2D eigenvalue weighted by Gasteiger charge is -2.32. The number of aromatic nitrogens is 1. The van der Waals surface area contributed by atoms with Crippen molar-refractivity contribution in [2.24, 2.45) is 0 Å². The first kappa shape index (κ1) is 20.7. The van der Waals surface area contributed by atoms with E-state index in [0.717, 1.165) is 35.2 Å². The average Bonchev–Trinajstić information content (AvgIpc) is 3.25. The first-order valence-electron chi connectivity index (χ1n) is 10.9. The second kappa shape index (κ2) is 7.85. The molecule has 0 radical (unpaired) electrons. The molecule has 0 saturated carbocycles. The topological polar surface area (TPSA) is 66.6 Å². The van der Waals surface area contributed by atoms with Crippen molar-refractivity contribution < 1.29 is 18.7 Å². The Kier molecular flexibility index (Phi) is 4.78. The van der Waals surface area contributed by atoms with Crippen molar-refractivity contribution in [1.82, 2.24) is 4.98 Å². The van der Waals surface area contributed by atoms with Gasteiger partial charge in [0.05, 0.1) is 16.8 Å². The Hall–Kier alpha value is -3.90. The molecule has 0 bridgehead atoms. The summed E-state index contributed by atoms with van der Waals surface area (Å²) in [6.07, 6.45) is 1.63. The zero-order valence-electron chi connectivity index (χ0n) is 17.9. The molecule has 5 aromatic rings. The zero-order chi connectivity index (χ0) is 23.4. The van der Waals surface area contributed by atoms with Gasteiger partial charge in [0.1, 0.15) is 17.1 Å². The first-order chi connectivity index (χ1) is 16.5. The molecule has 0 spiro atoms. The number of rotatable bonds is 3. The molecule has 0 saturated heterocycles. The van der Waals surface area contributed by atoms with Crippen LogP contribution in [0.15, 0.2) is 71.1 Å². The van der Waals surface area contributed by atoms with Crippen molar-refractivity contribution in [3.8, 4) is 11.5 Å². The van der Waals surface area contributed by atoms with E-state index in [9.17, 15) is 14.3 Å².